The molecule has 0 saturated heterocycles. The van der Waals surface area contributed by atoms with Gasteiger partial charge in [-0.25, -0.2) is 0 Å². The summed E-state index contributed by atoms with van der Waals surface area (Å²) in [5, 5.41) is 1.99. The van der Waals surface area contributed by atoms with E-state index in [2.05, 4.69) is 17.1 Å². The summed E-state index contributed by atoms with van der Waals surface area (Å²) in [6, 6.07) is 6.20. The van der Waals surface area contributed by atoms with Gasteiger partial charge < -0.3 is 10.7 Å². The Bertz CT molecular complexity index is 448. The monoisotopic (exact) mass is 222 g/mol. The Morgan fingerprint density at radius 3 is 2.87 bits per heavy atom. The molecule has 1 aromatic heterocycles. The number of nitrogens with one attached hydrogen (secondary N) is 1. The Morgan fingerprint density at radius 1 is 1.20 bits per heavy atom. The smallest absolute Gasteiger partial charge is 0.0531 e. The third-order valence-electron chi connectivity index (χ3n) is 2.65. The molecule has 3 heteroatoms. The molecule has 15 heavy (non-hydrogen) atoms. The molecule has 0 spiro atoms. The van der Waals surface area contributed by atoms with Crippen LogP contribution >= 0.6 is 11.6 Å². The molecular formula is C12H15ClN2. The molecule has 2 aromatic rings. The number of benzene rings is 1. The van der Waals surface area contributed by atoms with E-state index >= 15 is 0 Å². The molecule has 0 aliphatic heterocycles. The van der Waals surface area contributed by atoms with Crippen LogP contribution in [-0.4, -0.2) is 11.5 Å². The first-order valence-electron chi connectivity index (χ1n) is 5.27. The fourth-order valence-electron chi connectivity index (χ4n) is 1.79. The van der Waals surface area contributed by atoms with E-state index in [1.807, 2.05) is 12.3 Å². The Morgan fingerprint density at radius 2 is 2.07 bits per heavy atom. The molecule has 1 aromatic carbocycles. The van der Waals surface area contributed by atoms with Crippen molar-refractivity contribution in [2.75, 3.05) is 6.54 Å². The van der Waals surface area contributed by atoms with Crippen LogP contribution in [0.1, 0.15) is 18.4 Å². The van der Waals surface area contributed by atoms with Gasteiger partial charge in [-0.15, -0.1) is 0 Å². The van der Waals surface area contributed by atoms with Gasteiger partial charge in [0.15, 0.2) is 0 Å². The average molecular weight is 223 g/mol. The molecule has 0 fully saturated rings. The predicted molar refractivity (Wildman–Crippen MR) is 65.3 cm³/mol. The molecule has 1 heterocycles. The summed E-state index contributed by atoms with van der Waals surface area (Å²) in [6.45, 7) is 0.754. The van der Waals surface area contributed by atoms with Crippen molar-refractivity contribution in [3.8, 4) is 0 Å². The summed E-state index contributed by atoms with van der Waals surface area (Å²) in [4.78, 5) is 3.15. The number of halogens is 1. The van der Waals surface area contributed by atoms with Crippen molar-refractivity contribution in [1.29, 1.82) is 0 Å². The summed E-state index contributed by atoms with van der Waals surface area (Å²) in [5.41, 5.74) is 7.79. The Labute approximate surface area is 94.4 Å². The van der Waals surface area contributed by atoms with Gasteiger partial charge in [-0.2, -0.15) is 0 Å². The third kappa shape index (κ3) is 2.16. The van der Waals surface area contributed by atoms with Gasteiger partial charge in [-0.3, -0.25) is 0 Å². The number of hydrogen-bond acceptors (Lipinski definition) is 1. The molecule has 0 saturated carbocycles. The summed E-state index contributed by atoms with van der Waals surface area (Å²) < 4.78 is 0. The summed E-state index contributed by atoms with van der Waals surface area (Å²) in [5.74, 6) is 0. The van der Waals surface area contributed by atoms with Crippen LogP contribution in [0.3, 0.4) is 0 Å². The standard InChI is InChI=1S/C12H15ClN2/c13-12-9(3-1-2-7-14)4-5-11-10(12)6-8-15-11/h4-6,8,15H,1-3,7,14H2. The van der Waals surface area contributed by atoms with Crippen molar-refractivity contribution in [2.45, 2.75) is 19.3 Å². The zero-order valence-electron chi connectivity index (χ0n) is 8.59. The van der Waals surface area contributed by atoms with Gasteiger partial charge in [0.25, 0.3) is 0 Å². The normalized spacial score (nSPS) is 11.1. The number of aromatic amines is 1. The van der Waals surface area contributed by atoms with Crippen molar-refractivity contribution >= 4 is 22.5 Å². The first-order chi connectivity index (χ1) is 7.33. The molecular weight excluding hydrogens is 208 g/mol. The topological polar surface area (TPSA) is 41.8 Å². The first-order valence-corrected chi connectivity index (χ1v) is 5.65. The van der Waals surface area contributed by atoms with Gasteiger partial charge in [-0.1, -0.05) is 17.7 Å². The summed E-state index contributed by atoms with van der Waals surface area (Å²) >= 11 is 6.31. The molecule has 0 aliphatic carbocycles. The molecule has 3 N–H and O–H groups in total. The quantitative estimate of drug-likeness (QED) is 0.767. The second-order valence-electron chi connectivity index (χ2n) is 3.72. The lowest BCUT2D eigenvalue weighted by atomic mass is 10.1. The van der Waals surface area contributed by atoms with E-state index in [0.29, 0.717) is 0 Å². The number of hydrogen-bond donors (Lipinski definition) is 2. The van der Waals surface area contributed by atoms with Crippen LogP contribution in [0.5, 0.6) is 0 Å². The number of aromatic nitrogens is 1. The minimum Gasteiger partial charge on any atom is -0.361 e. The fraction of sp³-hybridized carbons (Fsp3) is 0.333. The molecule has 0 unspecified atom stereocenters. The fourth-order valence-corrected chi connectivity index (χ4v) is 2.12. The van der Waals surface area contributed by atoms with Crippen molar-refractivity contribution in [3.63, 3.8) is 0 Å². The molecule has 0 atom stereocenters. The molecule has 2 nitrogen and oxygen atoms in total. The highest BCUT2D eigenvalue weighted by atomic mass is 35.5. The molecule has 0 aliphatic rings. The maximum atomic E-state index is 6.31. The minimum absolute atomic E-state index is 0.754. The summed E-state index contributed by atoms with van der Waals surface area (Å²) in [7, 11) is 0. The van der Waals surface area contributed by atoms with Crippen LogP contribution in [0.4, 0.5) is 0 Å². The van der Waals surface area contributed by atoms with E-state index in [-0.39, 0.29) is 0 Å². The maximum Gasteiger partial charge on any atom is 0.0531 e. The number of aryl methyl sites for hydroxylation is 1. The number of fused-ring (bicyclic) bond motifs is 1. The Hall–Kier alpha value is -0.990. The molecule has 80 valence electrons. The van der Waals surface area contributed by atoms with E-state index in [1.165, 1.54) is 5.56 Å². The van der Waals surface area contributed by atoms with Crippen LogP contribution in [0.25, 0.3) is 10.9 Å². The van der Waals surface area contributed by atoms with Crippen molar-refractivity contribution < 1.29 is 0 Å². The van der Waals surface area contributed by atoms with Crippen LogP contribution in [0.15, 0.2) is 24.4 Å². The molecule has 0 bridgehead atoms. The van der Waals surface area contributed by atoms with Crippen molar-refractivity contribution in [2.24, 2.45) is 5.73 Å². The second kappa shape index (κ2) is 4.69. The van der Waals surface area contributed by atoms with Crippen molar-refractivity contribution in [1.82, 2.24) is 4.98 Å². The molecule has 0 amide bonds. The lowest BCUT2D eigenvalue weighted by Crippen LogP contribution is -1.99. The van der Waals surface area contributed by atoms with E-state index in [0.717, 1.165) is 41.7 Å². The van der Waals surface area contributed by atoms with E-state index in [9.17, 15) is 0 Å². The molecule has 2 rings (SSSR count). The number of H-pyrrole nitrogens is 1. The average Bonchev–Trinajstić information content (AvgIpc) is 2.70. The number of rotatable bonds is 4. The zero-order chi connectivity index (χ0) is 10.7. The SMILES string of the molecule is NCCCCc1ccc2[nH]ccc2c1Cl. The van der Waals surface area contributed by atoms with E-state index in [4.69, 9.17) is 17.3 Å². The highest BCUT2D eigenvalue weighted by Crippen LogP contribution is 2.27. The third-order valence-corrected chi connectivity index (χ3v) is 3.10. The minimum atomic E-state index is 0.754. The number of unbranched alkanes of at least 4 members (excludes halogenated alkanes) is 1. The Balaban J connectivity index is 2.23. The van der Waals surface area contributed by atoms with E-state index in [1.54, 1.807) is 0 Å². The van der Waals surface area contributed by atoms with Crippen LogP contribution in [-0.2, 0) is 6.42 Å². The highest BCUT2D eigenvalue weighted by Gasteiger charge is 2.05. The highest BCUT2D eigenvalue weighted by molar-refractivity contribution is 6.36. The number of nitrogens with two attached hydrogens (primary N) is 1. The molecule has 0 radical (unpaired) electrons. The lowest BCUT2D eigenvalue weighted by Gasteiger charge is -2.04. The van der Waals surface area contributed by atoms with E-state index < -0.39 is 0 Å². The zero-order valence-corrected chi connectivity index (χ0v) is 9.35. The first kappa shape index (κ1) is 10.5. The van der Waals surface area contributed by atoms with Gasteiger partial charge in [0.2, 0.25) is 0 Å². The van der Waals surface area contributed by atoms with Gasteiger partial charge in [0, 0.05) is 17.1 Å². The largest absolute Gasteiger partial charge is 0.361 e. The Kier molecular flexibility index (Phi) is 3.29. The maximum absolute atomic E-state index is 6.31. The van der Waals surface area contributed by atoms with Gasteiger partial charge in [0.1, 0.15) is 0 Å². The van der Waals surface area contributed by atoms with Gasteiger partial charge in [0.05, 0.1) is 5.02 Å². The van der Waals surface area contributed by atoms with Crippen LogP contribution in [0, 0.1) is 0 Å². The van der Waals surface area contributed by atoms with Gasteiger partial charge in [-0.05, 0) is 43.5 Å². The predicted octanol–water partition coefficient (Wildman–Crippen LogP) is 3.10. The second-order valence-corrected chi connectivity index (χ2v) is 4.10. The van der Waals surface area contributed by atoms with Crippen LogP contribution in [0.2, 0.25) is 5.02 Å². The van der Waals surface area contributed by atoms with Gasteiger partial charge >= 0.3 is 0 Å². The lowest BCUT2D eigenvalue weighted by molar-refractivity contribution is 0.745. The van der Waals surface area contributed by atoms with Crippen molar-refractivity contribution in [3.05, 3.63) is 35.0 Å². The summed E-state index contributed by atoms with van der Waals surface area (Å²) in [6.07, 6.45) is 5.09. The van der Waals surface area contributed by atoms with Crippen LogP contribution < -0.4 is 5.73 Å².